The van der Waals surface area contributed by atoms with E-state index in [0.29, 0.717) is 12.1 Å². The molecule has 90 valence electrons. The number of pyridine rings is 1. The smallest absolute Gasteiger partial charge is 0.147 e. The molecule has 0 aliphatic carbocycles. The molecule has 3 nitrogen and oxygen atoms in total. The van der Waals surface area contributed by atoms with Gasteiger partial charge in [0.25, 0.3) is 0 Å². The average Bonchev–Trinajstić information content (AvgIpc) is 2.84. The summed E-state index contributed by atoms with van der Waals surface area (Å²) in [6, 6.07) is 10.7. The summed E-state index contributed by atoms with van der Waals surface area (Å²) < 4.78 is 13.6. The van der Waals surface area contributed by atoms with Crippen molar-refractivity contribution in [1.82, 2.24) is 9.97 Å². The highest BCUT2D eigenvalue weighted by atomic mass is 19.1. The van der Waals surface area contributed by atoms with Gasteiger partial charge in [0.15, 0.2) is 0 Å². The molecular formula is C14H12FN3. The molecule has 0 aliphatic heterocycles. The first-order chi connectivity index (χ1) is 8.78. The van der Waals surface area contributed by atoms with E-state index < -0.39 is 0 Å². The van der Waals surface area contributed by atoms with Crippen molar-refractivity contribution in [3.8, 4) is 11.4 Å². The number of H-pyrrole nitrogens is 1. The number of hydrogen-bond acceptors (Lipinski definition) is 2. The standard InChI is InChI=1S/C14H12FN3/c15-11-3-1-2-10-6-13(18-14(10)11)12-5-4-9(7-16)8-17-12/h1-6,8,18H,7,16H2. The van der Waals surface area contributed by atoms with Crippen LogP contribution in [0, 0.1) is 5.82 Å². The lowest BCUT2D eigenvalue weighted by Gasteiger charge is -1.99. The molecule has 4 heteroatoms. The molecule has 18 heavy (non-hydrogen) atoms. The lowest BCUT2D eigenvalue weighted by Crippen LogP contribution is -1.96. The molecule has 0 fully saturated rings. The van der Waals surface area contributed by atoms with Crippen LogP contribution in [0.5, 0.6) is 0 Å². The summed E-state index contributed by atoms with van der Waals surface area (Å²) in [4.78, 5) is 7.36. The molecule has 2 heterocycles. The maximum absolute atomic E-state index is 13.6. The Morgan fingerprint density at radius 1 is 1.22 bits per heavy atom. The van der Waals surface area contributed by atoms with Crippen molar-refractivity contribution < 1.29 is 4.39 Å². The number of nitrogens with one attached hydrogen (secondary N) is 1. The second-order valence-electron chi connectivity index (χ2n) is 4.14. The Bertz CT molecular complexity index is 686. The van der Waals surface area contributed by atoms with Gasteiger partial charge in [0.2, 0.25) is 0 Å². The minimum Gasteiger partial charge on any atom is -0.351 e. The van der Waals surface area contributed by atoms with Crippen molar-refractivity contribution >= 4 is 10.9 Å². The van der Waals surface area contributed by atoms with Crippen LogP contribution in [0.15, 0.2) is 42.6 Å². The van der Waals surface area contributed by atoms with Gasteiger partial charge in [0.1, 0.15) is 5.82 Å². The maximum Gasteiger partial charge on any atom is 0.147 e. The molecular weight excluding hydrogens is 229 g/mol. The number of nitrogens with two attached hydrogens (primary N) is 1. The van der Waals surface area contributed by atoms with Crippen LogP contribution in [0.1, 0.15) is 5.56 Å². The summed E-state index contributed by atoms with van der Waals surface area (Å²) in [6.45, 7) is 0.467. The van der Waals surface area contributed by atoms with Gasteiger partial charge in [-0.2, -0.15) is 0 Å². The molecule has 3 N–H and O–H groups in total. The highest BCUT2D eigenvalue weighted by molar-refractivity contribution is 5.85. The Morgan fingerprint density at radius 2 is 2.11 bits per heavy atom. The minimum atomic E-state index is -0.252. The van der Waals surface area contributed by atoms with E-state index in [2.05, 4.69) is 9.97 Å². The Kier molecular flexibility index (Phi) is 2.57. The van der Waals surface area contributed by atoms with Crippen LogP contribution in [0.4, 0.5) is 4.39 Å². The minimum absolute atomic E-state index is 0.252. The van der Waals surface area contributed by atoms with Crippen LogP contribution in [0.25, 0.3) is 22.3 Å². The van der Waals surface area contributed by atoms with E-state index in [1.807, 2.05) is 24.3 Å². The quantitative estimate of drug-likeness (QED) is 0.724. The van der Waals surface area contributed by atoms with Crippen LogP contribution < -0.4 is 5.73 Å². The summed E-state index contributed by atoms with van der Waals surface area (Å²) in [5.41, 5.74) is 8.59. The van der Waals surface area contributed by atoms with Crippen LogP contribution in [0.2, 0.25) is 0 Å². The monoisotopic (exact) mass is 241 g/mol. The van der Waals surface area contributed by atoms with Crippen LogP contribution in [-0.4, -0.2) is 9.97 Å². The Hall–Kier alpha value is -2.20. The van der Waals surface area contributed by atoms with Crippen molar-refractivity contribution in [2.75, 3.05) is 0 Å². The number of nitrogens with zero attached hydrogens (tertiary/aromatic N) is 1. The van der Waals surface area contributed by atoms with E-state index >= 15 is 0 Å². The summed E-state index contributed by atoms with van der Waals surface area (Å²) in [7, 11) is 0. The molecule has 0 amide bonds. The van der Waals surface area contributed by atoms with Crippen molar-refractivity contribution in [3.05, 3.63) is 54.0 Å². The van der Waals surface area contributed by atoms with Crippen LogP contribution >= 0.6 is 0 Å². The second kappa shape index (κ2) is 4.23. The lowest BCUT2D eigenvalue weighted by atomic mass is 10.2. The summed E-state index contributed by atoms with van der Waals surface area (Å²) in [5, 5.41) is 0.842. The third-order valence-corrected chi connectivity index (χ3v) is 2.94. The van der Waals surface area contributed by atoms with E-state index in [4.69, 9.17) is 5.73 Å². The van der Waals surface area contributed by atoms with Gasteiger partial charge in [0.05, 0.1) is 16.9 Å². The lowest BCUT2D eigenvalue weighted by molar-refractivity contribution is 0.637. The summed E-state index contributed by atoms with van der Waals surface area (Å²) in [5.74, 6) is -0.252. The predicted molar refractivity (Wildman–Crippen MR) is 69.4 cm³/mol. The first-order valence-electron chi connectivity index (χ1n) is 5.70. The van der Waals surface area contributed by atoms with Crippen molar-refractivity contribution in [3.63, 3.8) is 0 Å². The topological polar surface area (TPSA) is 54.7 Å². The van der Waals surface area contributed by atoms with Gasteiger partial charge in [-0.05, 0) is 23.8 Å². The highest BCUT2D eigenvalue weighted by Gasteiger charge is 2.07. The highest BCUT2D eigenvalue weighted by Crippen LogP contribution is 2.24. The van der Waals surface area contributed by atoms with Gasteiger partial charge >= 0.3 is 0 Å². The van der Waals surface area contributed by atoms with Gasteiger partial charge < -0.3 is 10.7 Å². The van der Waals surface area contributed by atoms with Crippen molar-refractivity contribution in [1.29, 1.82) is 0 Å². The van der Waals surface area contributed by atoms with Gasteiger partial charge in [-0.25, -0.2) is 4.39 Å². The largest absolute Gasteiger partial charge is 0.351 e. The number of hydrogen-bond donors (Lipinski definition) is 2. The zero-order valence-electron chi connectivity index (χ0n) is 9.65. The number of benzene rings is 1. The number of aromatic amines is 1. The van der Waals surface area contributed by atoms with Gasteiger partial charge in [-0.15, -0.1) is 0 Å². The Morgan fingerprint density at radius 3 is 2.78 bits per heavy atom. The zero-order chi connectivity index (χ0) is 12.5. The van der Waals surface area contributed by atoms with Gasteiger partial charge in [-0.3, -0.25) is 4.98 Å². The number of para-hydroxylation sites is 1. The molecule has 0 atom stereocenters. The fourth-order valence-corrected chi connectivity index (χ4v) is 1.96. The van der Waals surface area contributed by atoms with Crippen molar-refractivity contribution in [2.24, 2.45) is 5.73 Å². The molecule has 0 unspecified atom stereocenters. The number of fused-ring (bicyclic) bond motifs is 1. The third kappa shape index (κ3) is 1.76. The SMILES string of the molecule is NCc1ccc(-c2cc3cccc(F)c3[nH]2)nc1. The fraction of sp³-hybridized carbons (Fsp3) is 0.0714. The number of rotatable bonds is 2. The molecule has 0 spiro atoms. The van der Waals surface area contributed by atoms with Gasteiger partial charge in [0, 0.05) is 18.1 Å². The number of halogens is 1. The third-order valence-electron chi connectivity index (χ3n) is 2.94. The summed E-state index contributed by atoms with van der Waals surface area (Å²) in [6.07, 6.45) is 1.73. The molecule has 0 bridgehead atoms. The Balaban J connectivity index is 2.10. The van der Waals surface area contributed by atoms with E-state index in [1.54, 1.807) is 12.3 Å². The molecule has 0 saturated carbocycles. The predicted octanol–water partition coefficient (Wildman–Crippen LogP) is 2.83. The van der Waals surface area contributed by atoms with Crippen molar-refractivity contribution in [2.45, 2.75) is 6.54 Å². The van der Waals surface area contributed by atoms with E-state index in [9.17, 15) is 4.39 Å². The molecule has 3 rings (SSSR count). The maximum atomic E-state index is 13.6. The van der Waals surface area contributed by atoms with E-state index in [0.717, 1.165) is 22.3 Å². The molecule has 1 aromatic carbocycles. The summed E-state index contributed by atoms with van der Waals surface area (Å²) >= 11 is 0. The molecule has 2 aromatic heterocycles. The van der Waals surface area contributed by atoms with Crippen LogP contribution in [-0.2, 0) is 6.54 Å². The van der Waals surface area contributed by atoms with E-state index in [-0.39, 0.29) is 5.82 Å². The van der Waals surface area contributed by atoms with E-state index in [1.165, 1.54) is 6.07 Å². The fourth-order valence-electron chi connectivity index (χ4n) is 1.96. The molecule has 3 aromatic rings. The molecule has 0 saturated heterocycles. The average molecular weight is 241 g/mol. The zero-order valence-corrected chi connectivity index (χ0v) is 9.65. The first kappa shape index (κ1) is 10.9. The normalized spacial score (nSPS) is 11.0. The second-order valence-corrected chi connectivity index (χ2v) is 4.14. The first-order valence-corrected chi connectivity index (χ1v) is 5.70. The van der Waals surface area contributed by atoms with Gasteiger partial charge in [-0.1, -0.05) is 18.2 Å². The number of aromatic nitrogens is 2. The van der Waals surface area contributed by atoms with Crippen LogP contribution in [0.3, 0.4) is 0 Å². The molecule has 0 radical (unpaired) electrons. The molecule has 0 aliphatic rings. The Labute approximate surface area is 103 Å².